The molecule has 5 heteroatoms. The summed E-state index contributed by atoms with van der Waals surface area (Å²) in [5, 5.41) is 11.1. The molecule has 0 aliphatic rings. The van der Waals surface area contributed by atoms with Crippen LogP contribution in [0.25, 0.3) is 0 Å². The molecule has 0 aliphatic heterocycles. The molecule has 82 valence electrons. The molecule has 0 radical (unpaired) electrons. The average Bonchev–Trinajstić information content (AvgIpc) is 2.22. The fraction of sp³-hybridized carbons (Fsp3) is 0.400. The van der Waals surface area contributed by atoms with Crippen LogP contribution in [0.15, 0.2) is 23.1 Å². The summed E-state index contributed by atoms with van der Waals surface area (Å²) in [6.45, 7) is 0.446. The van der Waals surface area contributed by atoms with Crippen LogP contribution in [-0.2, 0) is 7.05 Å². The first-order valence-electron chi connectivity index (χ1n) is 4.71. The van der Waals surface area contributed by atoms with E-state index in [1.165, 1.54) is 10.6 Å². The molecule has 1 aromatic heterocycles. The van der Waals surface area contributed by atoms with Crippen molar-refractivity contribution in [1.82, 2.24) is 9.88 Å². The van der Waals surface area contributed by atoms with E-state index in [-0.39, 0.29) is 18.1 Å². The fourth-order valence-corrected chi connectivity index (χ4v) is 1.07. The number of aryl methyl sites for hydroxylation is 1. The topological polar surface area (TPSA) is 71.3 Å². The lowest BCUT2D eigenvalue weighted by Crippen LogP contribution is -2.27. The van der Waals surface area contributed by atoms with Crippen molar-refractivity contribution in [1.29, 1.82) is 0 Å². The Labute approximate surface area is 87.4 Å². The number of nitrogens with one attached hydrogen (secondary N) is 1. The second-order valence-electron chi connectivity index (χ2n) is 3.20. The van der Waals surface area contributed by atoms with Crippen LogP contribution >= 0.6 is 0 Å². The highest BCUT2D eigenvalue weighted by Gasteiger charge is 2.05. The van der Waals surface area contributed by atoms with E-state index >= 15 is 0 Å². The minimum Gasteiger partial charge on any atom is -0.396 e. The fourth-order valence-electron chi connectivity index (χ4n) is 1.07. The number of hydrogen-bond donors (Lipinski definition) is 2. The lowest BCUT2D eigenvalue weighted by Gasteiger charge is -2.04. The summed E-state index contributed by atoms with van der Waals surface area (Å²) < 4.78 is 1.39. The number of carbonyl (C=O) groups excluding carboxylic acids is 1. The maximum atomic E-state index is 11.4. The van der Waals surface area contributed by atoms with Gasteiger partial charge in [-0.2, -0.15) is 0 Å². The summed E-state index contributed by atoms with van der Waals surface area (Å²) >= 11 is 0. The highest BCUT2D eigenvalue weighted by molar-refractivity contribution is 5.93. The maximum absolute atomic E-state index is 11.4. The number of aliphatic hydroxyl groups is 1. The van der Waals surface area contributed by atoms with E-state index in [0.29, 0.717) is 18.5 Å². The Bertz CT molecular complexity index is 398. The van der Waals surface area contributed by atoms with Crippen LogP contribution < -0.4 is 10.9 Å². The van der Waals surface area contributed by atoms with E-state index in [9.17, 15) is 9.59 Å². The van der Waals surface area contributed by atoms with E-state index in [4.69, 9.17) is 5.11 Å². The van der Waals surface area contributed by atoms with Gasteiger partial charge in [-0.15, -0.1) is 0 Å². The maximum Gasteiger partial charge on any atom is 0.251 e. The smallest absolute Gasteiger partial charge is 0.251 e. The molecule has 0 saturated heterocycles. The predicted molar refractivity (Wildman–Crippen MR) is 55.7 cm³/mol. The molecular formula is C10H14N2O3. The van der Waals surface area contributed by atoms with Gasteiger partial charge < -0.3 is 15.0 Å². The molecule has 0 unspecified atom stereocenters. The Morgan fingerprint density at radius 1 is 1.60 bits per heavy atom. The van der Waals surface area contributed by atoms with Gasteiger partial charge in [-0.1, -0.05) is 0 Å². The number of rotatable bonds is 4. The minimum atomic E-state index is -0.291. The number of amides is 1. The van der Waals surface area contributed by atoms with E-state index in [1.807, 2.05) is 0 Å². The molecule has 0 atom stereocenters. The first kappa shape index (κ1) is 11.5. The Kier molecular flexibility index (Phi) is 4.05. The highest BCUT2D eigenvalue weighted by Crippen LogP contribution is 1.93. The van der Waals surface area contributed by atoms with E-state index in [1.54, 1.807) is 19.3 Å². The van der Waals surface area contributed by atoms with Crippen molar-refractivity contribution in [3.05, 3.63) is 34.2 Å². The van der Waals surface area contributed by atoms with Gasteiger partial charge in [-0.25, -0.2) is 0 Å². The molecule has 0 fully saturated rings. The molecule has 2 N–H and O–H groups in total. The van der Waals surface area contributed by atoms with Crippen LogP contribution in [0.2, 0.25) is 0 Å². The Morgan fingerprint density at radius 2 is 2.33 bits per heavy atom. The lowest BCUT2D eigenvalue weighted by molar-refractivity contribution is 0.0951. The molecule has 0 spiro atoms. The van der Waals surface area contributed by atoms with Gasteiger partial charge in [-0.05, 0) is 12.5 Å². The normalized spacial score (nSPS) is 10.0. The third kappa shape index (κ3) is 3.21. The van der Waals surface area contributed by atoms with Crippen LogP contribution in [0.4, 0.5) is 0 Å². The molecular weight excluding hydrogens is 196 g/mol. The number of carbonyl (C=O) groups is 1. The zero-order valence-corrected chi connectivity index (χ0v) is 8.56. The van der Waals surface area contributed by atoms with Crippen LogP contribution in [0.5, 0.6) is 0 Å². The number of aliphatic hydroxyl groups excluding tert-OH is 1. The number of nitrogens with zero attached hydrogens (tertiary/aromatic N) is 1. The van der Waals surface area contributed by atoms with Gasteiger partial charge in [0, 0.05) is 38.0 Å². The highest BCUT2D eigenvalue weighted by atomic mass is 16.3. The van der Waals surface area contributed by atoms with Crippen molar-refractivity contribution < 1.29 is 9.90 Å². The number of aromatic nitrogens is 1. The van der Waals surface area contributed by atoms with Gasteiger partial charge in [-0.3, -0.25) is 9.59 Å². The zero-order valence-electron chi connectivity index (χ0n) is 8.56. The second kappa shape index (κ2) is 5.31. The summed E-state index contributed by atoms with van der Waals surface area (Å²) in [4.78, 5) is 22.7. The molecule has 15 heavy (non-hydrogen) atoms. The summed E-state index contributed by atoms with van der Waals surface area (Å²) in [7, 11) is 1.62. The van der Waals surface area contributed by atoms with Gasteiger partial charge in [0.05, 0.1) is 0 Å². The van der Waals surface area contributed by atoms with Crippen molar-refractivity contribution in [2.45, 2.75) is 6.42 Å². The third-order valence-corrected chi connectivity index (χ3v) is 1.99. The molecule has 0 aliphatic carbocycles. The summed E-state index contributed by atoms with van der Waals surface area (Å²) in [5.41, 5.74) is 0.126. The standard InChI is InChI=1S/C10H14N2O3/c1-12-5-3-8(7-9(12)14)10(15)11-4-2-6-13/h3,5,7,13H,2,4,6H2,1H3,(H,11,15). The lowest BCUT2D eigenvalue weighted by atomic mass is 10.2. The summed E-state index contributed by atoms with van der Waals surface area (Å²) in [6.07, 6.45) is 2.06. The number of hydrogen-bond acceptors (Lipinski definition) is 3. The molecule has 1 aromatic rings. The quantitative estimate of drug-likeness (QED) is 0.658. The third-order valence-electron chi connectivity index (χ3n) is 1.99. The predicted octanol–water partition coefficient (Wildman–Crippen LogP) is -0.502. The van der Waals surface area contributed by atoms with Crippen LogP contribution in [0.3, 0.4) is 0 Å². The molecule has 1 rings (SSSR count). The van der Waals surface area contributed by atoms with Crippen LogP contribution in [-0.4, -0.2) is 28.7 Å². The molecule has 0 aromatic carbocycles. The SMILES string of the molecule is Cn1ccc(C(=O)NCCCO)cc1=O. The monoisotopic (exact) mass is 210 g/mol. The van der Waals surface area contributed by atoms with E-state index < -0.39 is 0 Å². The van der Waals surface area contributed by atoms with Gasteiger partial charge in [0.25, 0.3) is 11.5 Å². The van der Waals surface area contributed by atoms with E-state index in [0.717, 1.165) is 0 Å². The average molecular weight is 210 g/mol. The minimum absolute atomic E-state index is 0.0385. The Balaban J connectivity index is 2.66. The zero-order chi connectivity index (χ0) is 11.3. The Hall–Kier alpha value is -1.62. The first-order valence-corrected chi connectivity index (χ1v) is 4.71. The number of pyridine rings is 1. The summed E-state index contributed by atoms with van der Waals surface area (Å²) in [5.74, 6) is -0.291. The molecule has 0 bridgehead atoms. The van der Waals surface area contributed by atoms with Crippen molar-refractivity contribution in [3.63, 3.8) is 0 Å². The first-order chi connectivity index (χ1) is 7.15. The molecule has 5 nitrogen and oxygen atoms in total. The van der Waals surface area contributed by atoms with Gasteiger partial charge in [0.1, 0.15) is 0 Å². The molecule has 0 saturated carbocycles. The van der Waals surface area contributed by atoms with Crippen molar-refractivity contribution in [2.75, 3.05) is 13.2 Å². The van der Waals surface area contributed by atoms with Gasteiger partial charge in [0.15, 0.2) is 0 Å². The van der Waals surface area contributed by atoms with Gasteiger partial charge in [0.2, 0.25) is 0 Å². The molecule has 1 heterocycles. The van der Waals surface area contributed by atoms with Crippen LogP contribution in [0.1, 0.15) is 16.8 Å². The Morgan fingerprint density at radius 3 is 2.93 bits per heavy atom. The van der Waals surface area contributed by atoms with Gasteiger partial charge >= 0.3 is 0 Å². The van der Waals surface area contributed by atoms with E-state index in [2.05, 4.69) is 5.32 Å². The summed E-state index contributed by atoms with van der Waals surface area (Å²) in [6, 6.07) is 2.87. The second-order valence-corrected chi connectivity index (χ2v) is 3.20. The van der Waals surface area contributed by atoms with Crippen molar-refractivity contribution in [2.24, 2.45) is 7.05 Å². The van der Waals surface area contributed by atoms with Crippen molar-refractivity contribution in [3.8, 4) is 0 Å². The molecule has 1 amide bonds. The van der Waals surface area contributed by atoms with Crippen LogP contribution in [0, 0.1) is 0 Å². The largest absolute Gasteiger partial charge is 0.396 e. The van der Waals surface area contributed by atoms with Crippen molar-refractivity contribution >= 4 is 5.91 Å².